The summed E-state index contributed by atoms with van der Waals surface area (Å²) in [5.41, 5.74) is 1.79. The van der Waals surface area contributed by atoms with Crippen molar-refractivity contribution in [2.75, 3.05) is 11.9 Å². The topological polar surface area (TPSA) is 69.2 Å². The Labute approximate surface area is 118 Å². The molecule has 5 heteroatoms. The SMILES string of the molecule is CCCc1ncc(N(C)c2ccc(CC(=O)O)cc2)[nH]1. The first-order chi connectivity index (χ1) is 9.60. The third-order valence-electron chi connectivity index (χ3n) is 3.14. The van der Waals surface area contributed by atoms with Crippen LogP contribution in [0.3, 0.4) is 0 Å². The second-order valence-corrected chi connectivity index (χ2v) is 4.76. The predicted molar refractivity (Wildman–Crippen MR) is 78.4 cm³/mol. The van der Waals surface area contributed by atoms with Crippen LogP contribution in [0.5, 0.6) is 0 Å². The smallest absolute Gasteiger partial charge is 0.307 e. The van der Waals surface area contributed by atoms with Gasteiger partial charge < -0.3 is 15.0 Å². The highest BCUT2D eigenvalue weighted by molar-refractivity contribution is 5.70. The first kappa shape index (κ1) is 14.1. The number of imidazole rings is 1. The third-order valence-corrected chi connectivity index (χ3v) is 3.14. The van der Waals surface area contributed by atoms with Gasteiger partial charge in [0.15, 0.2) is 0 Å². The normalized spacial score (nSPS) is 10.5. The van der Waals surface area contributed by atoms with E-state index < -0.39 is 5.97 Å². The van der Waals surface area contributed by atoms with E-state index in [0.717, 1.165) is 35.7 Å². The summed E-state index contributed by atoms with van der Waals surface area (Å²) in [5, 5.41) is 8.75. The highest BCUT2D eigenvalue weighted by Gasteiger charge is 2.08. The summed E-state index contributed by atoms with van der Waals surface area (Å²) in [5.74, 6) is 1.10. The van der Waals surface area contributed by atoms with Crippen molar-refractivity contribution in [1.82, 2.24) is 9.97 Å². The number of H-pyrrole nitrogens is 1. The molecule has 0 saturated carbocycles. The summed E-state index contributed by atoms with van der Waals surface area (Å²) >= 11 is 0. The van der Waals surface area contributed by atoms with E-state index in [9.17, 15) is 4.79 Å². The second kappa shape index (κ2) is 6.23. The molecule has 0 saturated heterocycles. The molecule has 0 spiro atoms. The fourth-order valence-corrected chi connectivity index (χ4v) is 2.04. The van der Waals surface area contributed by atoms with Gasteiger partial charge in [0.25, 0.3) is 0 Å². The third kappa shape index (κ3) is 3.38. The molecule has 2 N–H and O–H groups in total. The van der Waals surface area contributed by atoms with Gasteiger partial charge in [-0.05, 0) is 24.1 Å². The van der Waals surface area contributed by atoms with E-state index >= 15 is 0 Å². The van der Waals surface area contributed by atoms with Crippen molar-refractivity contribution >= 4 is 17.5 Å². The molecular formula is C15H19N3O2. The molecule has 2 aromatic rings. The lowest BCUT2D eigenvalue weighted by Crippen LogP contribution is -2.10. The Morgan fingerprint density at radius 2 is 2.05 bits per heavy atom. The van der Waals surface area contributed by atoms with Gasteiger partial charge in [0.1, 0.15) is 11.6 Å². The molecular weight excluding hydrogens is 254 g/mol. The Balaban J connectivity index is 2.11. The van der Waals surface area contributed by atoms with Crippen LogP contribution in [-0.2, 0) is 17.6 Å². The molecule has 0 unspecified atom stereocenters. The number of carbonyl (C=O) groups is 1. The summed E-state index contributed by atoms with van der Waals surface area (Å²) in [6.07, 6.45) is 3.86. The summed E-state index contributed by atoms with van der Waals surface area (Å²) < 4.78 is 0. The minimum absolute atomic E-state index is 0.0503. The zero-order valence-electron chi connectivity index (χ0n) is 11.8. The van der Waals surface area contributed by atoms with E-state index in [2.05, 4.69) is 16.9 Å². The number of hydrogen-bond donors (Lipinski definition) is 2. The van der Waals surface area contributed by atoms with E-state index in [-0.39, 0.29) is 6.42 Å². The minimum atomic E-state index is -0.816. The molecule has 0 aliphatic carbocycles. The number of aromatic amines is 1. The molecule has 0 atom stereocenters. The summed E-state index contributed by atoms with van der Waals surface area (Å²) in [6.45, 7) is 2.12. The van der Waals surface area contributed by atoms with E-state index in [1.165, 1.54) is 0 Å². The lowest BCUT2D eigenvalue weighted by Gasteiger charge is -2.17. The van der Waals surface area contributed by atoms with Gasteiger partial charge >= 0.3 is 5.97 Å². The maximum absolute atomic E-state index is 10.6. The highest BCUT2D eigenvalue weighted by atomic mass is 16.4. The quantitative estimate of drug-likeness (QED) is 0.849. The molecule has 20 heavy (non-hydrogen) atoms. The van der Waals surface area contributed by atoms with Gasteiger partial charge in [0.05, 0.1) is 12.6 Å². The molecule has 0 aliphatic heterocycles. The molecule has 5 nitrogen and oxygen atoms in total. The zero-order chi connectivity index (χ0) is 14.5. The Kier molecular flexibility index (Phi) is 4.40. The highest BCUT2D eigenvalue weighted by Crippen LogP contribution is 2.22. The van der Waals surface area contributed by atoms with Gasteiger partial charge in [-0.1, -0.05) is 19.1 Å². The molecule has 0 fully saturated rings. The minimum Gasteiger partial charge on any atom is -0.481 e. The predicted octanol–water partition coefficient (Wildman–Crippen LogP) is 2.76. The number of aromatic nitrogens is 2. The van der Waals surface area contributed by atoms with Crippen LogP contribution < -0.4 is 4.90 Å². The van der Waals surface area contributed by atoms with Crippen molar-refractivity contribution in [3.05, 3.63) is 41.9 Å². The van der Waals surface area contributed by atoms with Crippen molar-refractivity contribution in [3.63, 3.8) is 0 Å². The molecule has 106 valence electrons. The van der Waals surface area contributed by atoms with Gasteiger partial charge in [-0.25, -0.2) is 4.98 Å². The Morgan fingerprint density at radius 1 is 1.35 bits per heavy atom. The van der Waals surface area contributed by atoms with Crippen LogP contribution in [0.1, 0.15) is 24.7 Å². The molecule has 1 heterocycles. The van der Waals surface area contributed by atoms with Gasteiger partial charge in [-0.2, -0.15) is 0 Å². The van der Waals surface area contributed by atoms with Crippen molar-refractivity contribution in [1.29, 1.82) is 0 Å². The maximum Gasteiger partial charge on any atom is 0.307 e. The van der Waals surface area contributed by atoms with Gasteiger partial charge in [0.2, 0.25) is 0 Å². The fourth-order valence-electron chi connectivity index (χ4n) is 2.04. The van der Waals surface area contributed by atoms with Crippen molar-refractivity contribution in [2.45, 2.75) is 26.2 Å². The zero-order valence-corrected chi connectivity index (χ0v) is 11.8. The average molecular weight is 273 g/mol. The number of anilines is 2. The molecule has 1 aromatic carbocycles. The molecule has 0 aliphatic rings. The number of carboxylic acid groups (broad SMARTS) is 1. The number of nitrogens with one attached hydrogen (secondary N) is 1. The van der Waals surface area contributed by atoms with Crippen LogP contribution in [-0.4, -0.2) is 28.1 Å². The van der Waals surface area contributed by atoms with Crippen LogP contribution in [0, 0.1) is 0 Å². The van der Waals surface area contributed by atoms with E-state index in [0.29, 0.717) is 0 Å². The van der Waals surface area contributed by atoms with Crippen LogP contribution in [0.4, 0.5) is 11.5 Å². The molecule has 0 radical (unpaired) electrons. The van der Waals surface area contributed by atoms with Crippen LogP contribution >= 0.6 is 0 Å². The van der Waals surface area contributed by atoms with Crippen LogP contribution in [0.25, 0.3) is 0 Å². The van der Waals surface area contributed by atoms with E-state index in [1.54, 1.807) is 0 Å². The monoisotopic (exact) mass is 273 g/mol. The lowest BCUT2D eigenvalue weighted by molar-refractivity contribution is -0.136. The number of aryl methyl sites for hydroxylation is 1. The second-order valence-electron chi connectivity index (χ2n) is 4.76. The van der Waals surface area contributed by atoms with E-state index in [1.807, 2.05) is 42.4 Å². The number of nitrogens with zero attached hydrogens (tertiary/aromatic N) is 2. The number of rotatable bonds is 6. The Bertz CT molecular complexity index is 575. The van der Waals surface area contributed by atoms with Crippen molar-refractivity contribution in [2.24, 2.45) is 0 Å². The Morgan fingerprint density at radius 3 is 2.65 bits per heavy atom. The molecule has 0 bridgehead atoms. The number of hydrogen-bond acceptors (Lipinski definition) is 3. The van der Waals surface area contributed by atoms with Crippen molar-refractivity contribution < 1.29 is 9.90 Å². The van der Waals surface area contributed by atoms with Gasteiger partial charge in [-0.3, -0.25) is 4.79 Å². The van der Waals surface area contributed by atoms with Crippen LogP contribution in [0.15, 0.2) is 30.5 Å². The molecule has 0 amide bonds. The summed E-state index contributed by atoms with van der Waals surface area (Å²) in [6, 6.07) is 7.50. The first-order valence-corrected chi connectivity index (χ1v) is 6.68. The van der Waals surface area contributed by atoms with Gasteiger partial charge in [0, 0.05) is 19.2 Å². The summed E-state index contributed by atoms with van der Waals surface area (Å²) in [4.78, 5) is 20.3. The number of benzene rings is 1. The largest absolute Gasteiger partial charge is 0.481 e. The maximum atomic E-state index is 10.6. The van der Waals surface area contributed by atoms with Crippen LogP contribution in [0.2, 0.25) is 0 Å². The molecule has 1 aromatic heterocycles. The first-order valence-electron chi connectivity index (χ1n) is 6.68. The molecule has 2 rings (SSSR count). The van der Waals surface area contributed by atoms with Crippen molar-refractivity contribution in [3.8, 4) is 0 Å². The Hall–Kier alpha value is -2.30. The van der Waals surface area contributed by atoms with E-state index in [4.69, 9.17) is 5.11 Å². The van der Waals surface area contributed by atoms with Gasteiger partial charge in [-0.15, -0.1) is 0 Å². The average Bonchev–Trinajstić information content (AvgIpc) is 2.87. The standard InChI is InChI=1S/C15H19N3O2/c1-3-4-13-16-10-14(17-13)18(2)12-7-5-11(6-8-12)9-15(19)20/h5-8,10H,3-4,9H2,1-2H3,(H,16,17)(H,19,20). The number of aliphatic carboxylic acids is 1. The number of carboxylic acids is 1. The summed E-state index contributed by atoms with van der Waals surface area (Å²) in [7, 11) is 1.95. The fraction of sp³-hybridized carbons (Fsp3) is 0.333. The lowest BCUT2D eigenvalue weighted by atomic mass is 10.1.